The molecule has 1 N–H and O–H groups in total. The van der Waals surface area contributed by atoms with Crippen LogP contribution in [0.5, 0.6) is 5.75 Å². The highest BCUT2D eigenvalue weighted by Gasteiger charge is 2.44. The molecule has 4 rings (SSSR count). The lowest BCUT2D eigenvalue weighted by atomic mass is 9.79. The van der Waals surface area contributed by atoms with Crippen molar-refractivity contribution in [2.24, 2.45) is 0 Å². The Labute approximate surface area is 141 Å². The quantitative estimate of drug-likeness (QED) is 0.693. The Balaban J connectivity index is 1.53. The number of nitrogens with zero attached hydrogens (tertiary/aromatic N) is 1. The minimum absolute atomic E-state index is 0.145. The molecule has 126 valence electrons. The average molecular weight is 327 g/mol. The van der Waals surface area contributed by atoms with Gasteiger partial charge in [-0.25, -0.2) is 4.79 Å². The molecule has 2 aromatic rings. The fourth-order valence-corrected chi connectivity index (χ4v) is 4.33. The molecule has 1 aromatic carbocycles. The lowest BCUT2D eigenvalue weighted by Gasteiger charge is -2.39. The number of hydrogen-bond donors (Lipinski definition) is 1. The number of aryl methyl sites for hydroxylation is 1. The summed E-state index contributed by atoms with van der Waals surface area (Å²) >= 11 is 0. The van der Waals surface area contributed by atoms with Gasteiger partial charge in [-0.05, 0) is 57.6 Å². The van der Waals surface area contributed by atoms with E-state index in [-0.39, 0.29) is 18.8 Å². The van der Waals surface area contributed by atoms with E-state index in [9.17, 15) is 9.82 Å². The standard InChI is InChI=1S/C18H22BNO4/c1-11-7-12-3-6-15(10-17(12)24-18(11)21)23-16-8-13-4-5-14(9-16)20(13)19(2)22/h3,6-7,10,13-14,16,22H,4-5,8-9H2,1-2H3/t13-,14+,16?. The maximum atomic E-state index is 11.7. The Morgan fingerprint density at radius 3 is 2.62 bits per heavy atom. The fourth-order valence-electron chi connectivity index (χ4n) is 4.33. The van der Waals surface area contributed by atoms with Gasteiger partial charge in [-0.3, -0.25) is 0 Å². The first-order chi connectivity index (χ1) is 11.5. The SMILES string of the molecule is CB(O)N1[C@@H]2CC[C@H]1CC(Oc1ccc3cc(C)c(=O)oc3c1)C2. The second-order valence-electron chi connectivity index (χ2n) is 7.09. The number of fused-ring (bicyclic) bond motifs is 3. The summed E-state index contributed by atoms with van der Waals surface area (Å²) in [6.45, 7) is 3.60. The molecule has 2 aliphatic heterocycles. The smallest absolute Gasteiger partial charge is 0.376 e. The molecule has 2 bridgehead atoms. The molecule has 2 saturated heterocycles. The summed E-state index contributed by atoms with van der Waals surface area (Å²) in [5, 5.41) is 10.8. The summed E-state index contributed by atoms with van der Waals surface area (Å²) < 4.78 is 11.5. The molecular weight excluding hydrogens is 305 g/mol. The lowest BCUT2D eigenvalue weighted by Crippen LogP contribution is -2.52. The van der Waals surface area contributed by atoms with Crippen LogP contribution in [0.4, 0.5) is 0 Å². The van der Waals surface area contributed by atoms with Gasteiger partial charge < -0.3 is 19.0 Å². The molecule has 6 heteroatoms. The van der Waals surface area contributed by atoms with Crippen molar-refractivity contribution in [3.8, 4) is 5.75 Å². The molecular formula is C18H22BNO4. The van der Waals surface area contributed by atoms with Gasteiger partial charge in [0, 0.05) is 29.1 Å². The number of hydrogen-bond acceptors (Lipinski definition) is 5. The van der Waals surface area contributed by atoms with Crippen molar-refractivity contribution in [2.45, 2.75) is 57.6 Å². The van der Waals surface area contributed by atoms with E-state index < -0.39 is 0 Å². The van der Waals surface area contributed by atoms with Crippen molar-refractivity contribution in [2.75, 3.05) is 0 Å². The van der Waals surface area contributed by atoms with Gasteiger partial charge in [0.15, 0.2) is 0 Å². The summed E-state index contributed by atoms with van der Waals surface area (Å²) in [4.78, 5) is 13.9. The number of ether oxygens (including phenoxy) is 1. The van der Waals surface area contributed by atoms with Gasteiger partial charge in [-0.2, -0.15) is 0 Å². The van der Waals surface area contributed by atoms with Crippen LogP contribution in [-0.4, -0.2) is 35.1 Å². The first-order valence-corrected chi connectivity index (χ1v) is 8.68. The zero-order valence-corrected chi connectivity index (χ0v) is 14.1. The van der Waals surface area contributed by atoms with Crippen LogP contribution in [0.3, 0.4) is 0 Å². The van der Waals surface area contributed by atoms with E-state index in [0.717, 1.165) is 36.8 Å². The number of rotatable bonds is 3. The molecule has 0 radical (unpaired) electrons. The molecule has 3 heterocycles. The zero-order chi connectivity index (χ0) is 16.8. The topological polar surface area (TPSA) is 62.9 Å². The summed E-state index contributed by atoms with van der Waals surface area (Å²) in [5.41, 5.74) is 0.869. The zero-order valence-electron chi connectivity index (χ0n) is 14.1. The van der Waals surface area contributed by atoms with Crippen LogP contribution in [-0.2, 0) is 0 Å². The van der Waals surface area contributed by atoms with Crippen LogP contribution >= 0.6 is 0 Å². The third kappa shape index (κ3) is 2.74. The van der Waals surface area contributed by atoms with Gasteiger partial charge in [0.1, 0.15) is 17.4 Å². The molecule has 0 spiro atoms. The third-order valence-corrected chi connectivity index (χ3v) is 5.36. The van der Waals surface area contributed by atoms with Crippen LogP contribution in [0.25, 0.3) is 11.0 Å². The second kappa shape index (κ2) is 5.94. The van der Waals surface area contributed by atoms with Gasteiger partial charge in [0.2, 0.25) is 0 Å². The molecule has 0 amide bonds. The number of piperidine rings is 1. The van der Waals surface area contributed by atoms with Gasteiger partial charge >= 0.3 is 12.7 Å². The van der Waals surface area contributed by atoms with E-state index in [1.807, 2.05) is 25.0 Å². The van der Waals surface area contributed by atoms with E-state index in [1.165, 1.54) is 0 Å². The van der Waals surface area contributed by atoms with Crippen molar-refractivity contribution < 1.29 is 14.2 Å². The first kappa shape index (κ1) is 15.7. The largest absolute Gasteiger partial charge is 0.490 e. The minimum atomic E-state index is -0.387. The average Bonchev–Trinajstić information content (AvgIpc) is 2.81. The summed E-state index contributed by atoms with van der Waals surface area (Å²) in [5.74, 6) is 0.740. The molecule has 2 aliphatic rings. The van der Waals surface area contributed by atoms with Crippen LogP contribution in [0.1, 0.15) is 31.2 Å². The fraction of sp³-hybridized carbons (Fsp3) is 0.500. The maximum absolute atomic E-state index is 11.7. The monoisotopic (exact) mass is 327 g/mol. The van der Waals surface area contributed by atoms with Gasteiger partial charge in [-0.1, -0.05) is 0 Å². The molecule has 24 heavy (non-hydrogen) atoms. The van der Waals surface area contributed by atoms with Crippen molar-refractivity contribution in [3.63, 3.8) is 0 Å². The molecule has 0 saturated carbocycles. The van der Waals surface area contributed by atoms with Crippen LogP contribution in [0.2, 0.25) is 6.82 Å². The highest BCUT2D eigenvalue weighted by atomic mass is 16.5. The van der Waals surface area contributed by atoms with Gasteiger partial charge in [0.25, 0.3) is 0 Å². The van der Waals surface area contributed by atoms with E-state index in [1.54, 1.807) is 13.0 Å². The summed E-state index contributed by atoms with van der Waals surface area (Å²) in [6.07, 6.45) is 4.25. The Hall–Kier alpha value is -1.79. The third-order valence-electron chi connectivity index (χ3n) is 5.36. The van der Waals surface area contributed by atoms with Crippen LogP contribution in [0.15, 0.2) is 33.5 Å². The summed E-state index contributed by atoms with van der Waals surface area (Å²) in [7, 11) is -0.387. The molecule has 5 nitrogen and oxygen atoms in total. The Morgan fingerprint density at radius 1 is 1.25 bits per heavy atom. The highest BCUT2D eigenvalue weighted by Crippen LogP contribution is 2.37. The molecule has 1 aromatic heterocycles. The van der Waals surface area contributed by atoms with Crippen LogP contribution < -0.4 is 10.4 Å². The van der Waals surface area contributed by atoms with E-state index in [0.29, 0.717) is 23.2 Å². The van der Waals surface area contributed by atoms with Crippen molar-refractivity contribution in [1.82, 2.24) is 4.81 Å². The second-order valence-corrected chi connectivity index (χ2v) is 7.09. The van der Waals surface area contributed by atoms with Crippen molar-refractivity contribution in [3.05, 3.63) is 40.2 Å². The highest BCUT2D eigenvalue weighted by molar-refractivity contribution is 6.45. The Bertz CT molecular complexity index is 804. The molecule has 0 aliphatic carbocycles. The lowest BCUT2D eigenvalue weighted by molar-refractivity contribution is 0.0864. The van der Waals surface area contributed by atoms with E-state index >= 15 is 0 Å². The predicted octanol–water partition coefficient (Wildman–Crippen LogP) is 2.59. The molecule has 2 fully saturated rings. The predicted molar refractivity (Wildman–Crippen MR) is 93.4 cm³/mol. The Morgan fingerprint density at radius 2 is 1.96 bits per heavy atom. The normalized spacial score (nSPS) is 26.7. The summed E-state index contributed by atoms with van der Waals surface area (Å²) in [6, 6.07) is 8.31. The van der Waals surface area contributed by atoms with E-state index in [4.69, 9.17) is 9.15 Å². The molecule has 3 atom stereocenters. The number of benzene rings is 1. The Kier molecular flexibility index (Phi) is 3.89. The van der Waals surface area contributed by atoms with Crippen molar-refractivity contribution in [1.29, 1.82) is 0 Å². The van der Waals surface area contributed by atoms with Gasteiger partial charge in [0.05, 0.1) is 0 Å². The molecule has 1 unspecified atom stereocenters. The van der Waals surface area contributed by atoms with E-state index in [2.05, 4.69) is 4.81 Å². The first-order valence-electron chi connectivity index (χ1n) is 8.68. The van der Waals surface area contributed by atoms with Crippen LogP contribution in [0, 0.1) is 6.92 Å². The van der Waals surface area contributed by atoms with Crippen molar-refractivity contribution >= 4 is 18.0 Å². The van der Waals surface area contributed by atoms with Gasteiger partial charge in [-0.15, -0.1) is 0 Å². The minimum Gasteiger partial charge on any atom is -0.490 e. The maximum Gasteiger partial charge on any atom is 0.376 e.